The minimum Gasteiger partial charge on any atom is -0.506 e. The van der Waals surface area contributed by atoms with Crippen molar-refractivity contribution in [3.05, 3.63) is 83.4 Å². The first-order chi connectivity index (χ1) is 15.9. The van der Waals surface area contributed by atoms with Crippen molar-refractivity contribution < 1.29 is 31.5 Å². The van der Waals surface area contributed by atoms with Crippen LogP contribution in [0.1, 0.15) is 16.7 Å². The molecule has 0 saturated carbocycles. The second-order valence-electron chi connectivity index (χ2n) is 7.58. The lowest BCUT2D eigenvalue weighted by Crippen LogP contribution is -2.19. The van der Waals surface area contributed by atoms with E-state index in [-0.39, 0.29) is 17.1 Å². The summed E-state index contributed by atoms with van der Waals surface area (Å²) >= 11 is 0. The summed E-state index contributed by atoms with van der Waals surface area (Å²) in [5, 5.41) is 14.9. The number of urea groups is 1. The van der Waals surface area contributed by atoms with Crippen LogP contribution in [0.3, 0.4) is 0 Å². The largest absolute Gasteiger partial charge is 0.506 e. The highest BCUT2D eigenvalue weighted by atomic mass is 32.2. The highest BCUT2D eigenvalue weighted by molar-refractivity contribution is 7.92. The maximum atomic E-state index is 12.6. The molecule has 4 N–H and O–H groups in total. The van der Waals surface area contributed by atoms with E-state index in [0.717, 1.165) is 29.5 Å². The van der Waals surface area contributed by atoms with Crippen LogP contribution in [0.4, 0.5) is 35.0 Å². The van der Waals surface area contributed by atoms with Gasteiger partial charge in [-0.3, -0.25) is 4.72 Å². The first-order valence-electron chi connectivity index (χ1n) is 10.0. The molecule has 3 aromatic rings. The Kier molecular flexibility index (Phi) is 7.35. The van der Waals surface area contributed by atoms with Gasteiger partial charge in [0.15, 0.2) is 0 Å². The normalized spacial score (nSPS) is 11.6. The predicted octanol–water partition coefficient (Wildman–Crippen LogP) is 5.21. The van der Waals surface area contributed by atoms with Crippen LogP contribution in [-0.4, -0.2) is 25.8 Å². The lowest BCUT2D eigenvalue weighted by Gasteiger charge is -2.11. The Bertz CT molecular complexity index is 1260. The number of amides is 2. The second kappa shape index (κ2) is 10.0. The molecule has 0 saturated heterocycles. The topological polar surface area (TPSA) is 108 Å². The molecule has 0 bridgehead atoms. The molecule has 180 valence electrons. The lowest BCUT2D eigenvalue weighted by atomic mass is 10.0. The van der Waals surface area contributed by atoms with Gasteiger partial charge < -0.3 is 15.7 Å². The summed E-state index contributed by atoms with van der Waals surface area (Å²) in [7, 11) is -3.61. The third-order valence-corrected chi connectivity index (χ3v) is 5.34. The summed E-state index contributed by atoms with van der Waals surface area (Å²) in [5.41, 5.74) is 1.74. The van der Waals surface area contributed by atoms with Crippen LogP contribution in [0.5, 0.6) is 5.75 Å². The Labute approximate surface area is 194 Å². The SMILES string of the molecule is CS(=O)(=O)Nc1cc(NC(=O)Nc2ccc(CCc3ccc(C(F)(F)F)cc3)cc2)ccc1O. The van der Waals surface area contributed by atoms with Crippen molar-refractivity contribution in [1.29, 1.82) is 0 Å². The highest BCUT2D eigenvalue weighted by Crippen LogP contribution is 2.29. The van der Waals surface area contributed by atoms with Gasteiger partial charge >= 0.3 is 12.2 Å². The molecular formula is C23H22F3N3O4S. The van der Waals surface area contributed by atoms with E-state index in [0.29, 0.717) is 18.5 Å². The molecule has 0 aliphatic rings. The minimum absolute atomic E-state index is 0.0716. The zero-order valence-electron chi connectivity index (χ0n) is 18.0. The van der Waals surface area contributed by atoms with Gasteiger partial charge in [-0.1, -0.05) is 24.3 Å². The third-order valence-electron chi connectivity index (χ3n) is 4.75. The van der Waals surface area contributed by atoms with Gasteiger partial charge in [-0.15, -0.1) is 0 Å². The number of benzene rings is 3. The van der Waals surface area contributed by atoms with Gasteiger partial charge in [-0.05, 0) is 66.4 Å². The van der Waals surface area contributed by atoms with Gasteiger partial charge in [0.05, 0.1) is 17.5 Å². The molecule has 0 heterocycles. The number of sulfonamides is 1. The molecule has 0 radical (unpaired) electrons. The van der Waals surface area contributed by atoms with Crippen molar-refractivity contribution >= 4 is 33.1 Å². The third kappa shape index (κ3) is 7.41. The van der Waals surface area contributed by atoms with E-state index >= 15 is 0 Å². The highest BCUT2D eigenvalue weighted by Gasteiger charge is 2.29. The van der Waals surface area contributed by atoms with Crippen LogP contribution in [0.2, 0.25) is 0 Å². The first-order valence-corrected chi connectivity index (χ1v) is 11.9. The minimum atomic E-state index is -4.36. The molecule has 0 spiro atoms. The van der Waals surface area contributed by atoms with Crippen LogP contribution >= 0.6 is 0 Å². The van der Waals surface area contributed by atoms with Crippen molar-refractivity contribution in [2.24, 2.45) is 0 Å². The van der Waals surface area contributed by atoms with Gasteiger partial charge in [0.25, 0.3) is 0 Å². The molecule has 7 nitrogen and oxygen atoms in total. The fourth-order valence-corrected chi connectivity index (χ4v) is 3.66. The number of hydrogen-bond acceptors (Lipinski definition) is 4. The van der Waals surface area contributed by atoms with Gasteiger partial charge in [-0.2, -0.15) is 13.2 Å². The molecule has 3 rings (SSSR count). The number of phenolic OH excluding ortho intramolecular Hbond substituents is 1. The maximum Gasteiger partial charge on any atom is 0.416 e. The molecular weight excluding hydrogens is 471 g/mol. The molecule has 0 unspecified atom stereocenters. The molecule has 0 fully saturated rings. The number of nitrogens with one attached hydrogen (secondary N) is 3. The Hall–Kier alpha value is -3.73. The van der Waals surface area contributed by atoms with Crippen molar-refractivity contribution in [1.82, 2.24) is 0 Å². The summed E-state index contributed by atoms with van der Waals surface area (Å²) in [6.45, 7) is 0. The number of halogens is 3. The Balaban J connectivity index is 1.54. The van der Waals surface area contributed by atoms with Crippen molar-refractivity contribution in [2.45, 2.75) is 19.0 Å². The standard InChI is InChI=1S/C23H22F3N3O4S/c1-34(32,33)29-20-14-19(12-13-21(20)30)28-22(31)27-18-10-6-16(7-11-18)3-2-15-4-8-17(9-5-15)23(24,25)26/h4-14,29-30H,2-3H2,1H3,(H2,27,28,31). The number of anilines is 3. The van der Waals surface area contributed by atoms with Crippen molar-refractivity contribution in [2.75, 3.05) is 21.6 Å². The van der Waals surface area contributed by atoms with E-state index in [1.807, 2.05) is 0 Å². The Morgan fingerprint density at radius 2 is 1.35 bits per heavy atom. The molecule has 0 aromatic heterocycles. The molecule has 11 heteroatoms. The van der Waals surface area contributed by atoms with Gasteiger partial charge in [-0.25, -0.2) is 13.2 Å². The molecule has 2 amide bonds. The van der Waals surface area contributed by atoms with E-state index in [1.54, 1.807) is 24.3 Å². The fourth-order valence-electron chi connectivity index (χ4n) is 3.09. The smallest absolute Gasteiger partial charge is 0.416 e. The number of hydrogen-bond donors (Lipinski definition) is 4. The molecule has 34 heavy (non-hydrogen) atoms. The Morgan fingerprint density at radius 1 is 0.853 bits per heavy atom. The number of alkyl halides is 3. The lowest BCUT2D eigenvalue weighted by molar-refractivity contribution is -0.137. The van der Waals surface area contributed by atoms with Gasteiger partial charge in [0, 0.05) is 11.4 Å². The monoisotopic (exact) mass is 493 g/mol. The van der Waals surface area contributed by atoms with Crippen molar-refractivity contribution in [3.63, 3.8) is 0 Å². The summed E-state index contributed by atoms with van der Waals surface area (Å²) < 4.78 is 62.8. The van der Waals surface area contributed by atoms with Crippen molar-refractivity contribution in [3.8, 4) is 5.75 Å². The molecule has 0 atom stereocenters. The number of phenols is 1. The van der Waals surface area contributed by atoms with Gasteiger partial charge in [0.2, 0.25) is 10.0 Å². The predicted molar refractivity (Wildman–Crippen MR) is 125 cm³/mol. The van der Waals surface area contributed by atoms with E-state index in [2.05, 4.69) is 15.4 Å². The number of carbonyl (C=O) groups excluding carboxylic acids is 1. The zero-order chi connectivity index (χ0) is 24.9. The summed E-state index contributed by atoms with van der Waals surface area (Å²) in [6, 6.07) is 15.4. The maximum absolute atomic E-state index is 12.6. The van der Waals surface area contributed by atoms with E-state index < -0.39 is 27.8 Å². The zero-order valence-corrected chi connectivity index (χ0v) is 18.8. The van der Waals surface area contributed by atoms with Crippen LogP contribution in [-0.2, 0) is 29.0 Å². The average Bonchev–Trinajstić information content (AvgIpc) is 2.74. The molecule has 3 aromatic carbocycles. The molecule has 0 aliphatic heterocycles. The van der Waals surface area contributed by atoms with E-state index in [4.69, 9.17) is 0 Å². The second-order valence-corrected chi connectivity index (χ2v) is 9.33. The van der Waals surface area contributed by atoms with E-state index in [9.17, 15) is 31.5 Å². The average molecular weight is 494 g/mol. The van der Waals surface area contributed by atoms with Crippen LogP contribution < -0.4 is 15.4 Å². The Morgan fingerprint density at radius 3 is 1.88 bits per heavy atom. The van der Waals surface area contributed by atoms with Crippen LogP contribution in [0.15, 0.2) is 66.7 Å². The number of aromatic hydroxyl groups is 1. The summed E-state index contributed by atoms with van der Waals surface area (Å²) in [4.78, 5) is 12.3. The van der Waals surface area contributed by atoms with E-state index in [1.165, 1.54) is 30.3 Å². The number of aryl methyl sites for hydroxylation is 2. The summed E-state index contributed by atoms with van der Waals surface area (Å²) in [6.07, 6.45) is -2.24. The number of carbonyl (C=O) groups is 1. The fraction of sp³-hybridized carbons (Fsp3) is 0.174. The van der Waals surface area contributed by atoms with Crippen LogP contribution in [0, 0.1) is 0 Å². The van der Waals surface area contributed by atoms with Gasteiger partial charge in [0.1, 0.15) is 5.75 Å². The quantitative estimate of drug-likeness (QED) is 0.268. The summed E-state index contributed by atoms with van der Waals surface area (Å²) in [5.74, 6) is -0.289. The number of rotatable bonds is 7. The first kappa shape index (κ1) is 24.9. The van der Waals surface area contributed by atoms with Crippen LogP contribution in [0.25, 0.3) is 0 Å². The molecule has 0 aliphatic carbocycles.